The van der Waals surface area contributed by atoms with E-state index in [1.807, 2.05) is 22.7 Å². The van der Waals surface area contributed by atoms with E-state index in [9.17, 15) is 0 Å². The Morgan fingerprint density at radius 3 is 1.20 bits per heavy atom. The minimum atomic E-state index is 1.00. The summed E-state index contributed by atoms with van der Waals surface area (Å²) in [5, 5.41) is 4.73. The van der Waals surface area contributed by atoms with Crippen LogP contribution >= 0.6 is 34.4 Å². The second kappa shape index (κ2) is 20.6. The fourth-order valence-electron chi connectivity index (χ4n) is 7.04. The molecule has 0 fully saturated rings. The van der Waals surface area contributed by atoms with Crippen molar-refractivity contribution >= 4 is 56.5 Å². The van der Waals surface area contributed by atoms with Gasteiger partial charge in [0, 0.05) is 20.9 Å². The molecule has 0 amide bonds. The van der Waals surface area contributed by atoms with Gasteiger partial charge in [0.1, 0.15) is 22.1 Å². The number of aromatic nitrogens is 4. The van der Waals surface area contributed by atoms with E-state index < -0.39 is 0 Å². The zero-order valence-electron chi connectivity index (χ0n) is 30.9. The standard InChI is InChI=1S/C42H60N4S3/c1-5-9-13-17-21-25-33-34(26-22-18-14-10-6-2)44-40-38(36-28-32(30-48-36)24-20-16-12-8-4)42-41(45-49-46-42)37(39(40)43-33)35-27-31(29-47-35)23-19-15-11-7-3/h27-30H,5-26H2,1-4H3. The van der Waals surface area contributed by atoms with Crippen LogP contribution in [0.15, 0.2) is 22.9 Å². The normalized spacial score (nSPS) is 11.8. The van der Waals surface area contributed by atoms with Gasteiger partial charge >= 0.3 is 0 Å². The van der Waals surface area contributed by atoms with Crippen molar-refractivity contribution in [3.8, 4) is 20.9 Å². The number of thiophene rings is 2. The number of rotatable bonds is 24. The molecule has 4 nitrogen and oxygen atoms in total. The highest BCUT2D eigenvalue weighted by Gasteiger charge is 2.25. The van der Waals surface area contributed by atoms with Crippen LogP contribution in [0.25, 0.3) is 42.9 Å². The lowest BCUT2D eigenvalue weighted by atomic mass is 9.98. The average Bonchev–Trinajstić information content (AvgIpc) is 3.90. The highest BCUT2D eigenvalue weighted by molar-refractivity contribution is 7.14. The van der Waals surface area contributed by atoms with Crippen molar-refractivity contribution in [2.45, 2.75) is 169 Å². The number of unbranched alkanes of at least 4 members (excludes halogenated alkanes) is 14. The molecular weight excluding hydrogens is 657 g/mol. The van der Waals surface area contributed by atoms with Crippen LogP contribution in [0.5, 0.6) is 0 Å². The second-order valence-corrected chi connectivity index (χ2v) is 16.5. The molecule has 0 aliphatic rings. The zero-order chi connectivity index (χ0) is 34.3. The van der Waals surface area contributed by atoms with E-state index in [2.05, 4.69) is 50.6 Å². The molecule has 4 heterocycles. The molecule has 0 aliphatic heterocycles. The highest BCUT2D eigenvalue weighted by atomic mass is 32.1. The van der Waals surface area contributed by atoms with Gasteiger partial charge in [0.05, 0.1) is 23.1 Å². The van der Waals surface area contributed by atoms with E-state index in [-0.39, 0.29) is 0 Å². The first-order valence-electron chi connectivity index (χ1n) is 19.8. The van der Waals surface area contributed by atoms with Gasteiger partial charge in [-0.15, -0.1) is 22.7 Å². The molecule has 0 radical (unpaired) electrons. The van der Waals surface area contributed by atoms with Crippen LogP contribution in [0.1, 0.15) is 166 Å². The Kier molecular flexibility index (Phi) is 16.0. The van der Waals surface area contributed by atoms with E-state index in [0.29, 0.717) is 0 Å². The molecular formula is C42H60N4S3. The summed E-state index contributed by atoms with van der Waals surface area (Å²) < 4.78 is 10.0. The molecule has 5 aromatic rings. The summed E-state index contributed by atoms with van der Waals surface area (Å²) in [4.78, 5) is 13.8. The third-order valence-electron chi connectivity index (χ3n) is 9.96. The van der Waals surface area contributed by atoms with Gasteiger partial charge in [-0.1, -0.05) is 118 Å². The molecule has 4 aromatic heterocycles. The number of nitrogens with zero attached hydrogens (tertiary/aromatic N) is 4. The van der Waals surface area contributed by atoms with Gasteiger partial charge in [-0.05, 0) is 85.4 Å². The Balaban J connectivity index is 1.61. The SMILES string of the molecule is CCCCCCCc1nc2c(-c3cc(CCCCCC)cs3)c3nsnc3c(-c3cc(CCCCCC)cs3)c2nc1CCCCCCC. The van der Waals surface area contributed by atoms with Gasteiger partial charge < -0.3 is 0 Å². The van der Waals surface area contributed by atoms with Gasteiger partial charge in [0.25, 0.3) is 0 Å². The minimum absolute atomic E-state index is 1.00. The summed E-state index contributed by atoms with van der Waals surface area (Å²) in [5.41, 5.74) is 11.7. The van der Waals surface area contributed by atoms with Crippen LogP contribution in [0.3, 0.4) is 0 Å². The molecule has 0 saturated carbocycles. The first kappa shape index (κ1) is 38.0. The molecule has 0 saturated heterocycles. The Bertz CT molecular complexity index is 1580. The fraction of sp³-hybridized carbons (Fsp3) is 0.619. The van der Waals surface area contributed by atoms with Gasteiger partial charge in [-0.2, -0.15) is 8.75 Å². The first-order chi connectivity index (χ1) is 24.2. The summed E-state index contributed by atoms with van der Waals surface area (Å²) in [6, 6.07) is 4.83. The Morgan fingerprint density at radius 1 is 0.429 bits per heavy atom. The monoisotopic (exact) mass is 716 g/mol. The quantitative estimate of drug-likeness (QED) is 0.0597. The van der Waals surface area contributed by atoms with E-state index in [0.717, 1.165) is 58.9 Å². The summed E-state index contributed by atoms with van der Waals surface area (Å²) in [5.74, 6) is 0. The maximum Gasteiger partial charge on any atom is 0.116 e. The summed E-state index contributed by atoms with van der Waals surface area (Å²) in [6.07, 6.45) is 27.2. The van der Waals surface area contributed by atoms with Crippen molar-refractivity contribution < 1.29 is 0 Å². The summed E-state index contributed by atoms with van der Waals surface area (Å²) in [7, 11) is 0. The summed E-state index contributed by atoms with van der Waals surface area (Å²) in [6.45, 7) is 9.16. The third-order valence-corrected chi connectivity index (χ3v) is 12.5. The topological polar surface area (TPSA) is 51.6 Å². The van der Waals surface area contributed by atoms with Gasteiger partial charge in [0.2, 0.25) is 0 Å². The Morgan fingerprint density at radius 2 is 0.796 bits per heavy atom. The molecule has 5 rings (SSSR count). The van der Waals surface area contributed by atoms with Gasteiger partial charge in [-0.25, -0.2) is 9.97 Å². The van der Waals surface area contributed by atoms with Crippen molar-refractivity contribution in [2.75, 3.05) is 0 Å². The average molecular weight is 717 g/mol. The molecule has 266 valence electrons. The molecule has 0 aliphatic carbocycles. The second-order valence-electron chi connectivity index (χ2n) is 14.1. The van der Waals surface area contributed by atoms with Crippen LogP contribution in [-0.2, 0) is 25.7 Å². The Labute approximate surface area is 308 Å². The van der Waals surface area contributed by atoms with E-state index in [1.54, 1.807) is 0 Å². The number of hydrogen-bond acceptors (Lipinski definition) is 7. The van der Waals surface area contributed by atoms with E-state index in [4.69, 9.17) is 18.7 Å². The van der Waals surface area contributed by atoms with Crippen LogP contribution in [-0.4, -0.2) is 18.7 Å². The molecule has 0 N–H and O–H groups in total. The fourth-order valence-corrected chi connectivity index (χ4v) is 9.59. The molecule has 1 aromatic carbocycles. The van der Waals surface area contributed by atoms with Gasteiger partial charge in [0.15, 0.2) is 0 Å². The predicted octanol–water partition coefficient (Wildman–Crippen LogP) is 14.4. The van der Waals surface area contributed by atoms with Crippen LogP contribution < -0.4 is 0 Å². The molecule has 0 atom stereocenters. The van der Waals surface area contributed by atoms with Gasteiger partial charge in [-0.3, -0.25) is 0 Å². The van der Waals surface area contributed by atoms with Crippen molar-refractivity contribution in [1.82, 2.24) is 18.7 Å². The Hall–Kier alpha value is -2.22. The number of aryl methyl sites for hydroxylation is 4. The van der Waals surface area contributed by atoms with Crippen molar-refractivity contribution in [2.24, 2.45) is 0 Å². The summed E-state index contributed by atoms with van der Waals surface area (Å²) >= 11 is 5.04. The van der Waals surface area contributed by atoms with Crippen LogP contribution in [0.2, 0.25) is 0 Å². The molecule has 0 spiro atoms. The van der Waals surface area contributed by atoms with Crippen LogP contribution in [0.4, 0.5) is 0 Å². The number of hydrogen-bond donors (Lipinski definition) is 0. The highest BCUT2D eigenvalue weighted by Crippen LogP contribution is 2.45. The molecule has 0 unspecified atom stereocenters. The molecule has 0 bridgehead atoms. The van der Waals surface area contributed by atoms with Crippen molar-refractivity contribution in [1.29, 1.82) is 0 Å². The van der Waals surface area contributed by atoms with E-state index >= 15 is 0 Å². The van der Waals surface area contributed by atoms with E-state index in [1.165, 1.54) is 160 Å². The molecule has 49 heavy (non-hydrogen) atoms. The molecule has 7 heteroatoms. The lowest BCUT2D eigenvalue weighted by Gasteiger charge is -2.15. The number of fused-ring (bicyclic) bond motifs is 2. The lowest BCUT2D eigenvalue weighted by Crippen LogP contribution is -2.05. The van der Waals surface area contributed by atoms with Crippen LogP contribution in [0, 0.1) is 0 Å². The maximum atomic E-state index is 5.66. The number of benzene rings is 1. The zero-order valence-corrected chi connectivity index (χ0v) is 33.3. The van der Waals surface area contributed by atoms with Crippen molar-refractivity contribution in [3.63, 3.8) is 0 Å². The lowest BCUT2D eigenvalue weighted by molar-refractivity contribution is 0.612. The largest absolute Gasteiger partial charge is 0.248 e. The van der Waals surface area contributed by atoms with Crippen molar-refractivity contribution in [3.05, 3.63) is 45.4 Å². The first-order valence-corrected chi connectivity index (χ1v) is 22.3. The third kappa shape index (κ3) is 10.4. The predicted molar refractivity (Wildman–Crippen MR) is 218 cm³/mol. The smallest absolute Gasteiger partial charge is 0.116 e. The minimum Gasteiger partial charge on any atom is -0.248 e. The maximum absolute atomic E-state index is 5.66.